The molecule has 0 aromatic carbocycles. The maximum absolute atomic E-state index is 5.77. The molecule has 2 aliphatic heterocycles. The average molecular weight is 282 g/mol. The second-order valence-electron chi connectivity index (χ2n) is 8.33. The third-order valence-electron chi connectivity index (χ3n) is 4.90. The van der Waals surface area contributed by atoms with Gasteiger partial charge in [0.2, 0.25) is 0 Å². The molecule has 3 heteroatoms. The molecule has 2 unspecified atom stereocenters. The minimum atomic E-state index is 0.193. The van der Waals surface area contributed by atoms with Crippen molar-refractivity contribution in [1.82, 2.24) is 10.2 Å². The molecule has 0 aromatic rings. The van der Waals surface area contributed by atoms with Crippen molar-refractivity contribution in [3.05, 3.63) is 0 Å². The minimum absolute atomic E-state index is 0.193. The lowest BCUT2D eigenvalue weighted by Gasteiger charge is -2.38. The van der Waals surface area contributed by atoms with E-state index in [1.54, 1.807) is 0 Å². The van der Waals surface area contributed by atoms with Crippen LogP contribution in [0.25, 0.3) is 0 Å². The van der Waals surface area contributed by atoms with Crippen LogP contribution in [-0.2, 0) is 4.74 Å². The van der Waals surface area contributed by atoms with Gasteiger partial charge in [0.1, 0.15) is 0 Å². The largest absolute Gasteiger partial charge is 0.381 e. The highest BCUT2D eigenvalue weighted by atomic mass is 16.5. The molecule has 1 N–H and O–H groups in total. The molecule has 3 nitrogen and oxygen atoms in total. The van der Waals surface area contributed by atoms with Crippen LogP contribution in [-0.4, -0.2) is 49.3 Å². The summed E-state index contributed by atoms with van der Waals surface area (Å²) in [5.41, 5.74) is 0.517. The quantitative estimate of drug-likeness (QED) is 0.839. The predicted octanol–water partition coefficient (Wildman–Crippen LogP) is 2.90. The van der Waals surface area contributed by atoms with Crippen LogP contribution in [0.3, 0.4) is 0 Å². The SMILES string of the molecule is CC(C)C1CCCN1CC1(CNC(C)(C)C)CCOC1. The number of rotatable bonds is 5. The van der Waals surface area contributed by atoms with Crippen LogP contribution in [0.5, 0.6) is 0 Å². The van der Waals surface area contributed by atoms with E-state index in [1.807, 2.05) is 0 Å². The van der Waals surface area contributed by atoms with Crippen molar-refractivity contribution >= 4 is 0 Å². The fourth-order valence-electron chi connectivity index (χ4n) is 3.66. The molecule has 0 spiro atoms. The molecule has 0 saturated carbocycles. The Balaban J connectivity index is 1.98. The van der Waals surface area contributed by atoms with Gasteiger partial charge in [-0.3, -0.25) is 4.90 Å². The van der Waals surface area contributed by atoms with Gasteiger partial charge in [0.15, 0.2) is 0 Å². The Bertz CT molecular complexity index is 303. The van der Waals surface area contributed by atoms with Gasteiger partial charge in [-0.15, -0.1) is 0 Å². The maximum atomic E-state index is 5.77. The van der Waals surface area contributed by atoms with E-state index < -0.39 is 0 Å². The fourth-order valence-corrected chi connectivity index (χ4v) is 3.66. The van der Waals surface area contributed by atoms with Crippen LogP contribution in [0.1, 0.15) is 53.9 Å². The first-order valence-electron chi connectivity index (χ1n) is 8.38. The van der Waals surface area contributed by atoms with E-state index in [2.05, 4.69) is 44.8 Å². The summed E-state index contributed by atoms with van der Waals surface area (Å²) in [4.78, 5) is 2.74. The summed E-state index contributed by atoms with van der Waals surface area (Å²) in [7, 11) is 0. The van der Waals surface area contributed by atoms with Gasteiger partial charge < -0.3 is 10.1 Å². The first-order valence-corrected chi connectivity index (χ1v) is 8.38. The molecule has 20 heavy (non-hydrogen) atoms. The molecule has 0 radical (unpaired) electrons. The monoisotopic (exact) mass is 282 g/mol. The molecule has 0 aliphatic carbocycles. The molecule has 0 amide bonds. The van der Waals surface area contributed by atoms with Crippen LogP contribution in [0, 0.1) is 11.3 Å². The summed E-state index contributed by atoms with van der Waals surface area (Å²) >= 11 is 0. The predicted molar refractivity (Wildman–Crippen MR) is 85.1 cm³/mol. The second-order valence-corrected chi connectivity index (χ2v) is 8.33. The summed E-state index contributed by atoms with van der Waals surface area (Å²) < 4.78 is 5.77. The molecule has 118 valence electrons. The summed E-state index contributed by atoms with van der Waals surface area (Å²) in [5, 5.41) is 3.72. The highest BCUT2D eigenvalue weighted by Crippen LogP contribution is 2.34. The van der Waals surface area contributed by atoms with Crippen LogP contribution in [0.4, 0.5) is 0 Å². The summed E-state index contributed by atoms with van der Waals surface area (Å²) in [6.45, 7) is 16.9. The highest BCUT2D eigenvalue weighted by molar-refractivity contribution is 4.93. The second kappa shape index (κ2) is 6.33. The molecule has 2 saturated heterocycles. The van der Waals surface area contributed by atoms with Gasteiger partial charge in [-0.05, 0) is 52.5 Å². The van der Waals surface area contributed by atoms with Crippen LogP contribution >= 0.6 is 0 Å². The van der Waals surface area contributed by atoms with Gasteiger partial charge in [0.25, 0.3) is 0 Å². The fraction of sp³-hybridized carbons (Fsp3) is 1.00. The van der Waals surface area contributed by atoms with Crippen molar-refractivity contribution in [2.75, 3.05) is 32.8 Å². The normalized spacial score (nSPS) is 32.4. The zero-order valence-corrected chi connectivity index (χ0v) is 14.2. The summed E-state index contributed by atoms with van der Waals surface area (Å²) in [6, 6.07) is 0.780. The molecular weight excluding hydrogens is 248 g/mol. The van der Waals surface area contributed by atoms with Gasteiger partial charge in [-0.25, -0.2) is 0 Å². The molecule has 2 fully saturated rings. The van der Waals surface area contributed by atoms with E-state index in [1.165, 1.54) is 32.4 Å². The Morgan fingerprint density at radius 2 is 2.10 bits per heavy atom. The first-order chi connectivity index (χ1) is 9.31. The van der Waals surface area contributed by atoms with Gasteiger partial charge in [-0.2, -0.15) is 0 Å². The number of nitrogens with one attached hydrogen (secondary N) is 1. The average Bonchev–Trinajstić information content (AvgIpc) is 2.96. The summed E-state index contributed by atoms with van der Waals surface area (Å²) in [5.74, 6) is 0.771. The Hall–Kier alpha value is -0.120. The van der Waals surface area contributed by atoms with Crippen molar-refractivity contribution in [1.29, 1.82) is 0 Å². The molecular formula is C17H34N2O. The lowest BCUT2D eigenvalue weighted by atomic mass is 9.85. The van der Waals surface area contributed by atoms with Crippen molar-refractivity contribution in [3.63, 3.8) is 0 Å². The number of nitrogens with zero attached hydrogens (tertiary/aromatic N) is 1. The lowest BCUT2D eigenvalue weighted by molar-refractivity contribution is 0.0866. The van der Waals surface area contributed by atoms with Gasteiger partial charge in [0, 0.05) is 36.7 Å². The van der Waals surface area contributed by atoms with Crippen LogP contribution < -0.4 is 5.32 Å². The zero-order chi connectivity index (χ0) is 14.8. The van der Waals surface area contributed by atoms with Crippen molar-refractivity contribution in [3.8, 4) is 0 Å². The highest BCUT2D eigenvalue weighted by Gasteiger charge is 2.40. The lowest BCUT2D eigenvalue weighted by Crippen LogP contribution is -2.50. The van der Waals surface area contributed by atoms with Crippen molar-refractivity contribution in [2.45, 2.75) is 65.5 Å². The molecule has 2 heterocycles. The van der Waals surface area contributed by atoms with Gasteiger partial charge in [0.05, 0.1) is 6.61 Å². The van der Waals surface area contributed by atoms with E-state index in [-0.39, 0.29) is 5.54 Å². The minimum Gasteiger partial charge on any atom is -0.381 e. The van der Waals surface area contributed by atoms with Gasteiger partial charge in [-0.1, -0.05) is 13.8 Å². The molecule has 0 bridgehead atoms. The Kier molecular flexibility index (Phi) is 5.14. The molecule has 2 rings (SSSR count). The number of hydrogen-bond donors (Lipinski definition) is 1. The third kappa shape index (κ3) is 4.19. The number of likely N-dealkylation sites (tertiary alicyclic amines) is 1. The third-order valence-corrected chi connectivity index (χ3v) is 4.90. The Morgan fingerprint density at radius 3 is 2.65 bits per heavy atom. The summed E-state index contributed by atoms with van der Waals surface area (Å²) in [6.07, 6.45) is 3.95. The standard InChI is InChI=1S/C17H34N2O/c1-14(2)15-7-6-9-19(15)12-17(8-10-20-13-17)11-18-16(3,4)5/h14-15,18H,6-13H2,1-5H3. The van der Waals surface area contributed by atoms with Crippen molar-refractivity contribution < 1.29 is 4.74 Å². The molecule has 2 aliphatic rings. The van der Waals surface area contributed by atoms with Crippen LogP contribution in [0.2, 0.25) is 0 Å². The molecule has 2 atom stereocenters. The van der Waals surface area contributed by atoms with Gasteiger partial charge >= 0.3 is 0 Å². The van der Waals surface area contributed by atoms with E-state index in [0.29, 0.717) is 5.41 Å². The number of ether oxygens (including phenoxy) is 1. The van der Waals surface area contributed by atoms with E-state index in [9.17, 15) is 0 Å². The van der Waals surface area contributed by atoms with E-state index in [0.717, 1.165) is 31.7 Å². The Morgan fingerprint density at radius 1 is 1.35 bits per heavy atom. The topological polar surface area (TPSA) is 24.5 Å². The Labute approximate surface area is 125 Å². The van der Waals surface area contributed by atoms with E-state index >= 15 is 0 Å². The van der Waals surface area contributed by atoms with Crippen molar-refractivity contribution in [2.24, 2.45) is 11.3 Å². The smallest absolute Gasteiger partial charge is 0.0547 e. The zero-order valence-electron chi connectivity index (χ0n) is 14.2. The first kappa shape index (κ1) is 16.3. The number of hydrogen-bond acceptors (Lipinski definition) is 3. The molecule has 0 aromatic heterocycles. The van der Waals surface area contributed by atoms with E-state index in [4.69, 9.17) is 4.74 Å². The van der Waals surface area contributed by atoms with Crippen LogP contribution in [0.15, 0.2) is 0 Å². The maximum Gasteiger partial charge on any atom is 0.0547 e.